The van der Waals surface area contributed by atoms with Gasteiger partial charge in [0.1, 0.15) is 0 Å². The maximum absolute atomic E-state index is 11.3. The average molecular weight is 401 g/mol. The first-order valence-corrected chi connectivity index (χ1v) is 8.94. The van der Waals surface area contributed by atoms with E-state index in [1.54, 1.807) is 0 Å². The number of likely N-dealkylation sites (tertiary alicyclic amines) is 1. The second-order valence-corrected chi connectivity index (χ2v) is 7.04. The lowest BCUT2D eigenvalue weighted by molar-refractivity contribution is -0.142. The topological polar surface area (TPSA) is 41.6 Å². The SMILES string of the molecule is COC(=O)CN1CCC(NC2CC2/C(C)=C/c2ccccc2)CC1.Cl.Cl. The van der Waals surface area contributed by atoms with Crippen LogP contribution in [0, 0.1) is 5.92 Å². The number of hydrogen-bond acceptors (Lipinski definition) is 4. The molecule has 0 aromatic heterocycles. The molecular weight excluding hydrogens is 371 g/mol. The standard InChI is InChI=1S/C20H28N2O2.2ClH/c1-15(12-16-6-4-3-5-7-16)18-13-19(18)21-17-8-10-22(11-9-17)14-20(23)24-2;;/h3-7,12,17-19,21H,8-11,13-14H2,1-2H3;2*1H/b15-12+;;. The van der Waals surface area contributed by atoms with Crippen LogP contribution in [0.5, 0.6) is 0 Å². The van der Waals surface area contributed by atoms with Crippen LogP contribution in [0.15, 0.2) is 35.9 Å². The summed E-state index contributed by atoms with van der Waals surface area (Å²) in [5, 5.41) is 3.81. The molecule has 0 amide bonds. The third-order valence-corrected chi connectivity index (χ3v) is 5.19. The number of ether oxygens (including phenoxy) is 1. The summed E-state index contributed by atoms with van der Waals surface area (Å²) < 4.78 is 4.74. The van der Waals surface area contributed by atoms with Gasteiger partial charge in [0.05, 0.1) is 13.7 Å². The lowest BCUT2D eigenvalue weighted by atomic mass is 10.0. The lowest BCUT2D eigenvalue weighted by Crippen LogP contribution is -2.45. The summed E-state index contributed by atoms with van der Waals surface area (Å²) in [5.41, 5.74) is 2.76. The number of nitrogens with zero attached hydrogens (tertiary/aromatic N) is 1. The zero-order valence-corrected chi connectivity index (χ0v) is 17.2. The van der Waals surface area contributed by atoms with Gasteiger partial charge in [0.25, 0.3) is 0 Å². The number of carbonyl (C=O) groups excluding carboxylic acids is 1. The van der Waals surface area contributed by atoms with Crippen LogP contribution >= 0.6 is 24.8 Å². The van der Waals surface area contributed by atoms with Crippen molar-refractivity contribution in [2.75, 3.05) is 26.7 Å². The zero-order chi connectivity index (χ0) is 16.9. The van der Waals surface area contributed by atoms with Gasteiger partial charge < -0.3 is 10.1 Å². The lowest BCUT2D eigenvalue weighted by Gasteiger charge is -2.31. The van der Waals surface area contributed by atoms with Crippen molar-refractivity contribution in [2.45, 2.75) is 38.3 Å². The van der Waals surface area contributed by atoms with Gasteiger partial charge >= 0.3 is 5.97 Å². The summed E-state index contributed by atoms with van der Waals surface area (Å²) >= 11 is 0. The quantitative estimate of drug-likeness (QED) is 0.741. The molecule has 2 fully saturated rings. The van der Waals surface area contributed by atoms with Crippen molar-refractivity contribution in [3.8, 4) is 0 Å². The molecule has 2 unspecified atom stereocenters. The number of nitrogens with one attached hydrogen (secondary N) is 1. The Balaban J connectivity index is 0.00000169. The van der Waals surface area contributed by atoms with Crippen LogP contribution in [0.3, 0.4) is 0 Å². The molecule has 26 heavy (non-hydrogen) atoms. The highest BCUT2D eigenvalue weighted by atomic mass is 35.5. The summed E-state index contributed by atoms with van der Waals surface area (Å²) in [4.78, 5) is 13.5. The van der Waals surface area contributed by atoms with E-state index in [-0.39, 0.29) is 30.8 Å². The van der Waals surface area contributed by atoms with E-state index in [0.717, 1.165) is 25.9 Å². The third-order valence-electron chi connectivity index (χ3n) is 5.19. The van der Waals surface area contributed by atoms with Crippen LogP contribution in [0.4, 0.5) is 0 Å². The minimum Gasteiger partial charge on any atom is -0.468 e. The smallest absolute Gasteiger partial charge is 0.319 e. The van der Waals surface area contributed by atoms with E-state index >= 15 is 0 Å². The van der Waals surface area contributed by atoms with Crippen LogP contribution in [0.1, 0.15) is 31.7 Å². The van der Waals surface area contributed by atoms with Gasteiger partial charge in [-0.2, -0.15) is 0 Å². The summed E-state index contributed by atoms with van der Waals surface area (Å²) in [6.07, 6.45) is 5.78. The van der Waals surface area contributed by atoms with E-state index in [4.69, 9.17) is 4.74 Å². The first kappa shape index (κ1) is 23.0. The van der Waals surface area contributed by atoms with Crippen LogP contribution < -0.4 is 5.32 Å². The molecular formula is C20H30Cl2N2O2. The highest BCUT2D eigenvalue weighted by Gasteiger charge is 2.39. The molecule has 1 N–H and O–H groups in total. The number of esters is 1. The molecule has 4 nitrogen and oxygen atoms in total. The molecule has 1 aliphatic heterocycles. The van der Waals surface area contributed by atoms with E-state index < -0.39 is 0 Å². The molecule has 1 aromatic rings. The number of hydrogen-bond donors (Lipinski definition) is 1. The Labute approximate surface area is 169 Å². The summed E-state index contributed by atoms with van der Waals surface area (Å²) in [5.74, 6) is 0.545. The predicted octanol–water partition coefficient (Wildman–Crippen LogP) is 3.55. The molecule has 2 atom stereocenters. The van der Waals surface area contributed by atoms with Crippen molar-refractivity contribution in [3.05, 3.63) is 41.5 Å². The molecule has 2 aliphatic rings. The molecule has 1 aromatic carbocycles. The van der Waals surface area contributed by atoms with Gasteiger partial charge in [-0.1, -0.05) is 42.0 Å². The van der Waals surface area contributed by atoms with Gasteiger partial charge in [0.2, 0.25) is 0 Å². The first-order valence-electron chi connectivity index (χ1n) is 8.94. The minimum atomic E-state index is -0.134. The third kappa shape index (κ3) is 6.58. The van der Waals surface area contributed by atoms with Crippen LogP contribution in [0.2, 0.25) is 0 Å². The Morgan fingerprint density at radius 3 is 2.50 bits per heavy atom. The fraction of sp³-hybridized carbons (Fsp3) is 0.550. The number of benzene rings is 1. The van der Waals surface area contributed by atoms with E-state index in [1.165, 1.54) is 24.7 Å². The second kappa shape index (κ2) is 10.9. The van der Waals surface area contributed by atoms with Gasteiger partial charge in [0, 0.05) is 25.2 Å². The van der Waals surface area contributed by atoms with E-state index in [9.17, 15) is 4.79 Å². The summed E-state index contributed by atoms with van der Waals surface area (Å²) in [6, 6.07) is 11.8. The molecule has 1 saturated heterocycles. The number of methoxy groups -OCH3 is 1. The molecule has 146 valence electrons. The Morgan fingerprint density at radius 2 is 1.88 bits per heavy atom. The zero-order valence-electron chi connectivity index (χ0n) is 15.5. The summed E-state index contributed by atoms with van der Waals surface area (Å²) in [6.45, 7) is 4.62. The monoisotopic (exact) mass is 400 g/mol. The average Bonchev–Trinajstić information content (AvgIpc) is 3.37. The van der Waals surface area contributed by atoms with Gasteiger partial charge in [-0.25, -0.2) is 0 Å². The van der Waals surface area contributed by atoms with Gasteiger partial charge in [-0.3, -0.25) is 9.69 Å². The van der Waals surface area contributed by atoms with Crippen LogP contribution in [-0.4, -0.2) is 49.7 Å². The minimum absolute atomic E-state index is 0. The predicted molar refractivity (Wildman–Crippen MR) is 111 cm³/mol. The maximum Gasteiger partial charge on any atom is 0.319 e. The van der Waals surface area contributed by atoms with Gasteiger partial charge in [0.15, 0.2) is 0 Å². The molecule has 0 spiro atoms. The summed E-state index contributed by atoms with van der Waals surface area (Å²) in [7, 11) is 1.45. The number of carbonyl (C=O) groups is 1. The molecule has 0 bridgehead atoms. The number of piperidine rings is 1. The highest BCUT2D eigenvalue weighted by molar-refractivity contribution is 5.85. The molecule has 1 aliphatic carbocycles. The van der Waals surface area contributed by atoms with Crippen molar-refractivity contribution in [3.63, 3.8) is 0 Å². The molecule has 0 radical (unpaired) electrons. The van der Waals surface area contributed by atoms with Gasteiger partial charge in [-0.05, 0) is 37.7 Å². The fourth-order valence-corrected chi connectivity index (χ4v) is 3.61. The van der Waals surface area contributed by atoms with Crippen molar-refractivity contribution >= 4 is 36.9 Å². The Morgan fingerprint density at radius 1 is 1.23 bits per heavy atom. The Hall–Kier alpha value is -1.07. The normalized spacial score (nSPS) is 23.5. The van der Waals surface area contributed by atoms with Crippen molar-refractivity contribution in [2.24, 2.45) is 5.92 Å². The Bertz CT molecular complexity index is 587. The van der Waals surface area contributed by atoms with Crippen molar-refractivity contribution in [1.82, 2.24) is 10.2 Å². The van der Waals surface area contributed by atoms with Crippen molar-refractivity contribution in [1.29, 1.82) is 0 Å². The van der Waals surface area contributed by atoms with E-state index in [1.807, 2.05) is 0 Å². The van der Waals surface area contributed by atoms with E-state index in [0.29, 0.717) is 24.5 Å². The molecule has 3 rings (SSSR count). The van der Waals surface area contributed by atoms with Crippen LogP contribution in [0.25, 0.3) is 6.08 Å². The number of rotatable bonds is 6. The van der Waals surface area contributed by atoms with Crippen molar-refractivity contribution < 1.29 is 9.53 Å². The van der Waals surface area contributed by atoms with Crippen LogP contribution in [-0.2, 0) is 9.53 Å². The fourth-order valence-electron chi connectivity index (χ4n) is 3.61. The number of halogens is 2. The van der Waals surface area contributed by atoms with E-state index in [2.05, 4.69) is 53.5 Å². The van der Waals surface area contributed by atoms with Gasteiger partial charge in [-0.15, -0.1) is 24.8 Å². The first-order chi connectivity index (χ1) is 11.7. The highest BCUT2D eigenvalue weighted by Crippen LogP contribution is 2.38. The maximum atomic E-state index is 11.3. The molecule has 1 heterocycles. The Kier molecular flexibility index (Phi) is 9.66. The molecule has 6 heteroatoms. The second-order valence-electron chi connectivity index (χ2n) is 7.04. The molecule has 1 saturated carbocycles. The largest absolute Gasteiger partial charge is 0.468 e.